The molecule has 1 rings (SSSR count). The van der Waals surface area contributed by atoms with Crippen molar-refractivity contribution in [2.75, 3.05) is 18.9 Å². The maximum Gasteiger partial charge on any atom is 0.230 e. The van der Waals surface area contributed by atoms with Crippen LogP contribution in [0.3, 0.4) is 0 Å². The van der Waals surface area contributed by atoms with Crippen LogP contribution in [0.25, 0.3) is 0 Å². The minimum Gasteiger partial charge on any atom is -0.396 e. The Kier molecular flexibility index (Phi) is 5.75. The first-order chi connectivity index (χ1) is 7.22. The molecule has 5 heteroatoms. The molecule has 0 saturated carbocycles. The summed E-state index contributed by atoms with van der Waals surface area (Å²) in [5.74, 6) is 0.591. The van der Waals surface area contributed by atoms with Crippen LogP contribution in [0.2, 0.25) is 0 Å². The molecule has 1 amide bonds. The van der Waals surface area contributed by atoms with Gasteiger partial charge in [-0.05, 0) is 17.4 Å². The van der Waals surface area contributed by atoms with Gasteiger partial charge in [-0.3, -0.25) is 4.79 Å². The fourth-order valence-electron chi connectivity index (χ4n) is 0.886. The third-order valence-corrected chi connectivity index (χ3v) is 3.93. The zero-order chi connectivity index (χ0) is 11.1. The first kappa shape index (κ1) is 12.5. The summed E-state index contributed by atoms with van der Waals surface area (Å²) in [6.07, 6.45) is 0. The second-order valence-corrected chi connectivity index (χ2v) is 5.54. The number of amides is 1. The quantitative estimate of drug-likeness (QED) is 0.748. The molecule has 0 bridgehead atoms. The molecule has 0 saturated heterocycles. The maximum absolute atomic E-state index is 11.3. The molecule has 0 radical (unpaired) electrons. The molecule has 0 aliphatic heterocycles. The molecule has 0 spiro atoms. The van der Waals surface area contributed by atoms with Gasteiger partial charge in [0.25, 0.3) is 0 Å². The lowest BCUT2D eigenvalue weighted by Crippen LogP contribution is -2.30. The normalized spacial score (nSPS) is 12.4. The van der Waals surface area contributed by atoms with E-state index in [0.29, 0.717) is 12.3 Å². The highest BCUT2D eigenvalue weighted by Crippen LogP contribution is 2.22. The number of carbonyl (C=O) groups excluding carboxylic acids is 1. The molecule has 0 aromatic carbocycles. The molecule has 1 atom stereocenters. The minimum absolute atomic E-state index is 0.0219. The summed E-state index contributed by atoms with van der Waals surface area (Å²) in [4.78, 5) is 11.3. The van der Waals surface area contributed by atoms with Gasteiger partial charge in [0.2, 0.25) is 5.91 Å². The second kappa shape index (κ2) is 6.87. The van der Waals surface area contributed by atoms with Gasteiger partial charge in [0.1, 0.15) is 0 Å². The van der Waals surface area contributed by atoms with Crippen LogP contribution in [-0.2, 0) is 4.79 Å². The van der Waals surface area contributed by atoms with Gasteiger partial charge in [-0.1, -0.05) is 13.0 Å². The van der Waals surface area contributed by atoms with Crippen LogP contribution in [0.5, 0.6) is 0 Å². The van der Waals surface area contributed by atoms with Gasteiger partial charge >= 0.3 is 0 Å². The van der Waals surface area contributed by atoms with Gasteiger partial charge in [0.15, 0.2) is 0 Å². The molecule has 1 aromatic heterocycles. The van der Waals surface area contributed by atoms with E-state index in [-0.39, 0.29) is 18.4 Å². The monoisotopic (exact) mass is 245 g/mol. The molecular weight excluding hydrogens is 230 g/mol. The fraction of sp³-hybridized carbons (Fsp3) is 0.500. The average Bonchev–Trinajstić information content (AvgIpc) is 2.75. The molecule has 1 aromatic rings. The predicted octanol–water partition coefficient (Wildman–Crippen LogP) is 1.58. The smallest absolute Gasteiger partial charge is 0.230 e. The van der Waals surface area contributed by atoms with Crippen LogP contribution < -0.4 is 5.32 Å². The molecule has 1 unspecified atom stereocenters. The summed E-state index contributed by atoms with van der Waals surface area (Å²) in [6, 6.07) is 3.97. The van der Waals surface area contributed by atoms with E-state index in [4.69, 9.17) is 5.11 Å². The standard InChI is InChI=1S/C10H15NO2S2/c1-8(6-12)5-11-9(13)7-15-10-3-2-4-14-10/h2-4,8,12H,5-7H2,1H3,(H,11,13). The summed E-state index contributed by atoms with van der Waals surface area (Å²) in [5, 5.41) is 13.5. The Balaban J connectivity index is 2.14. The molecule has 15 heavy (non-hydrogen) atoms. The molecule has 84 valence electrons. The number of aliphatic hydroxyl groups is 1. The Hall–Kier alpha value is -0.520. The zero-order valence-electron chi connectivity index (χ0n) is 8.60. The van der Waals surface area contributed by atoms with Crippen molar-refractivity contribution in [2.24, 2.45) is 5.92 Å². The van der Waals surface area contributed by atoms with E-state index >= 15 is 0 Å². The predicted molar refractivity (Wildman–Crippen MR) is 64.3 cm³/mol. The molecule has 0 aliphatic carbocycles. The van der Waals surface area contributed by atoms with E-state index in [1.165, 1.54) is 11.8 Å². The summed E-state index contributed by atoms with van der Waals surface area (Å²) in [5.41, 5.74) is 0. The van der Waals surface area contributed by atoms with E-state index in [0.717, 1.165) is 4.21 Å². The van der Waals surface area contributed by atoms with Gasteiger partial charge < -0.3 is 10.4 Å². The number of carbonyl (C=O) groups is 1. The zero-order valence-corrected chi connectivity index (χ0v) is 10.2. The van der Waals surface area contributed by atoms with Gasteiger partial charge in [-0.2, -0.15) is 0 Å². The number of nitrogens with one attached hydrogen (secondary N) is 1. The van der Waals surface area contributed by atoms with Crippen molar-refractivity contribution >= 4 is 29.0 Å². The van der Waals surface area contributed by atoms with E-state index in [2.05, 4.69) is 5.32 Å². The summed E-state index contributed by atoms with van der Waals surface area (Å²) >= 11 is 3.18. The van der Waals surface area contributed by atoms with E-state index in [9.17, 15) is 4.79 Å². The van der Waals surface area contributed by atoms with Crippen LogP contribution in [0.4, 0.5) is 0 Å². The number of rotatable bonds is 6. The van der Waals surface area contributed by atoms with Gasteiger partial charge in [0, 0.05) is 13.2 Å². The number of hydrogen-bond donors (Lipinski definition) is 2. The molecule has 1 heterocycles. The summed E-state index contributed by atoms with van der Waals surface area (Å²) in [7, 11) is 0. The largest absolute Gasteiger partial charge is 0.396 e. The fourth-order valence-corrected chi connectivity index (χ4v) is 2.50. The highest BCUT2D eigenvalue weighted by atomic mass is 32.2. The van der Waals surface area contributed by atoms with E-state index in [1.807, 2.05) is 24.4 Å². The van der Waals surface area contributed by atoms with Crippen LogP contribution in [0, 0.1) is 5.92 Å². The van der Waals surface area contributed by atoms with Crippen molar-refractivity contribution in [1.82, 2.24) is 5.32 Å². The van der Waals surface area contributed by atoms with Crippen molar-refractivity contribution in [3.05, 3.63) is 17.5 Å². The summed E-state index contributed by atoms with van der Waals surface area (Å²) < 4.78 is 1.15. The second-order valence-electron chi connectivity index (χ2n) is 3.31. The van der Waals surface area contributed by atoms with Crippen molar-refractivity contribution in [3.8, 4) is 0 Å². The van der Waals surface area contributed by atoms with Gasteiger partial charge in [-0.25, -0.2) is 0 Å². The maximum atomic E-state index is 11.3. The molecule has 2 N–H and O–H groups in total. The Morgan fingerprint density at radius 1 is 1.73 bits per heavy atom. The molecular formula is C10H15NO2S2. The van der Waals surface area contributed by atoms with Crippen LogP contribution in [0.15, 0.2) is 21.7 Å². The van der Waals surface area contributed by atoms with E-state index in [1.54, 1.807) is 11.3 Å². The molecule has 0 fully saturated rings. The van der Waals surface area contributed by atoms with Crippen molar-refractivity contribution < 1.29 is 9.90 Å². The number of hydrogen-bond acceptors (Lipinski definition) is 4. The third-order valence-electron chi connectivity index (χ3n) is 1.80. The first-order valence-electron chi connectivity index (χ1n) is 4.76. The Bertz CT molecular complexity index is 288. The number of thioether (sulfide) groups is 1. The lowest BCUT2D eigenvalue weighted by atomic mass is 10.2. The third kappa shape index (κ3) is 5.20. The van der Waals surface area contributed by atoms with Crippen molar-refractivity contribution in [1.29, 1.82) is 0 Å². The SMILES string of the molecule is CC(CO)CNC(=O)CSc1cccs1. The van der Waals surface area contributed by atoms with E-state index < -0.39 is 0 Å². The molecule has 3 nitrogen and oxygen atoms in total. The Morgan fingerprint density at radius 2 is 2.53 bits per heavy atom. The van der Waals surface area contributed by atoms with Gasteiger partial charge in [0.05, 0.1) is 9.96 Å². The number of thiophene rings is 1. The van der Waals surface area contributed by atoms with Crippen LogP contribution in [-0.4, -0.2) is 29.9 Å². The number of aliphatic hydroxyl groups excluding tert-OH is 1. The molecule has 0 aliphatic rings. The first-order valence-corrected chi connectivity index (χ1v) is 6.62. The van der Waals surface area contributed by atoms with Crippen LogP contribution in [0.1, 0.15) is 6.92 Å². The lowest BCUT2D eigenvalue weighted by Gasteiger charge is -2.08. The topological polar surface area (TPSA) is 49.3 Å². The Morgan fingerprint density at radius 3 is 3.13 bits per heavy atom. The lowest BCUT2D eigenvalue weighted by molar-refractivity contribution is -0.118. The van der Waals surface area contributed by atoms with Gasteiger partial charge in [-0.15, -0.1) is 23.1 Å². The average molecular weight is 245 g/mol. The van der Waals surface area contributed by atoms with Crippen LogP contribution >= 0.6 is 23.1 Å². The van der Waals surface area contributed by atoms with Crippen molar-refractivity contribution in [2.45, 2.75) is 11.1 Å². The highest BCUT2D eigenvalue weighted by molar-refractivity contribution is 8.01. The summed E-state index contributed by atoms with van der Waals surface area (Å²) in [6.45, 7) is 2.55. The minimum atomic E-state index is 0.0219. The Labute approximate surface area is 97.9 Å². The highest BCUT2D eigenvalue weighted by Gasteiger charge is 2.05. The van der Waals surface area contributed by atoms with Crippen molar-refractivity contribution in [3.63, 3.8) is 0 Å².